The highest BCUT2D eigenvalue weighted by Crippen LogP contribution is 2.52. The lowest BCUT2D eigenvalue weighted by atomic mass is 9.82. The number of nitrogens with zero attached hydrogens (tertiary/aromatic N) is 1. The van der Waals surface area contributed by atoms with Crippen molar-refractivity contribution in [2.45, 2.75) is 32.1 Å². The maximum atomic E-state index is 6.48. The molecule has 0 saturated carbocycles. The molecule has 0 spiro atoms. The van der Waals surface area contributed by atoms with E-state index in [0.29, 0.717) is 0 Å². The molecule has 3 aliphatic rings. The summed E-state index contributed by atoms with van der Waals surface area (Å²) in [5.74, 6) is 0. The Bertz CT molecular complexity index is 2820. The molecular formula is C51H37NO. The van der Waals surface area contributed by atoms with Gasteiger partial charge in [0.2, 0.25) is 0 Å². The minimum atomic E-state index is -0.109. The molecule has 11 rings (SSSR count). The van der Waals surface area contributed by atoms with Crippen molar-refractivity contribution in [2.75, 3.05) is 4.90 Å². The Morgan fingerprint density at radius 2 is 1.06 bits per heavy atom. The van der Waals surface area contributed by atoms with Gasteiger partial charge in [0.1, 0.15) is 11.2 Å². The Labute approximate surface area is 310 Å². The van der Waals surface area contributed by atoms with Gasteiger partial charge < -0.3 is 9.32 Å². The molecule has 0 amide bonds. The fourth-order valence-electron chi connectivity index (χ4n) is 9.42. The van der Waals surface area contributed by atoms with E-state index in [1.807, 2.05) is 6.07 Å². The van der Waals surface area contributed by atoms with Crippen LogP contribution in [0.3, 0.4) is 0 Å². The first-order valence-electron chi connectivity index (χ1n) is 18.7. The van der Waals surface area contributed by atoms with Crippen LogP contribution in [0.15, 0.2) is 174 Å². The van der Waals surface area contributed by atoms with Gasteiger partial charge in [-0.3, -0.25) is 0 Å². The summed E-state index contributed by atoms with van der Waals surface area (Å²) in [4.78, 5) is 2.45. The van der Waals surface area contributed by atoms with Gasteiger partial charge in [-0.2, -0.15) is 0 Å². The molecule has 2 nitrogen and oxygen atoms in total. The Morgan fingerprint density at radius 3 is 1.81 bits per heavy atom. The molecule has 252 valence electrons. The Balaban J connectivity index is 1.12. The number of allylic oxidation sites excluding steroid dienone is 3. The van der Waals surface area contributed by atoms with Crippen molar-refractivity contribution in [3.63, 3.8) is 0 Å². The summed E-state index contributed by atoms with van der Waals surface area (Å²) in [6.45, 7) is 4.72. The van der Waals surface area contributed by atoms with Gasteiger partial charge in [0.05, 0.1) is 0 Å². The Morgan fingerprint density at radius 1 is 0.491 bits per heavy atom. The quantitative estimate of drug-likeness (QED) is 0.184. The van der Waals surface area contributed by atoms with E-state index in [1.165, 1.54) is 72.5 Å². The summed E-state index contributed by atoms with van der Waals surface area (Å²) >= 11 is 0. The van der Waals surface area contributed by atoms with Crippen molar-refractivity contribution in [2.24, 2.45) is 0 Å². The number of benzene rings is 7. The van der Waals surface area contributed by atoms with Gasteiger partial charge >= 0.3 is 0 Å². The van der Waals surface area contributed by atoms with E-state index in [2.05, 4.69) is 176 Å². The molecule has 0 saturated heterocycles. The first-order valence-corrected chi connectivity index (χ1v) is 18.7. The van der Waals surface area contributed by atoms with E-state index in [0.717, 1.165) is 46.2 Å². The maximum Gasteiger partial charge on any atom is 0.137 e. The zero-order valence-electron chi connectivity index (χ0n) is 29.9. The minimum Gasteiger partial charge on any atom is -0.456 e. The normalized spacial score (nSPS) is 14.8. The molecular weight excluding hydrogens is 643 g/mol. The predicted molar refractivity (Wildman–Crippen MR) is 221 cm³/mol. The standard InChI is InChI=1S/C51H37NO/c1-51(2)46-23-9-7-19-40(46)41-27-25-34(30-47(41)51)52(35-26-28-43-42-20-8-10-24-48(42)53-49(43)31-35)33-14-11-13-32(29-33)50-44-21-12-22-45(50)39-18-6-4-16-37(39)36-15-3-5-17-38(36)44/h3-10,12,14-31H,11,13H2,1-2H3. The van der Waals surface area contributed by atoms with Crippen molar-refractivity contribution in [3.8, 4) is 44.5 Å². The Kier molecular flexibility index (Phi) is 6.46. The monoisotopic (exact) mass is 679 g/mol. The van der Waals surface area contributed by atoms with Gasteiger partial charge in [-0.1, -0.05) is 135 Å². The van der Waals surface area contributed by atoms with Crippen molar-refractivity contribution < 1.29 is 4.42 Å². The van der Waals surface area contributed by atoms with Gasteiger partial charge in [-0.25, -0.2) is 0 Å². The molecule has 0 unspecified atom stereocenters. The topological polar surface area (TPSA) is 16.4 Å². The average Bonchev–Trinajstić information content (AvgIpc) is 3.67. The smallest absolute Gasteiger partial charge is 0.137 e. The van der Waals surface area contributed by atoms with Crippen molar-refractivity contribution in [1.29, 1.82) is 0 Å². The zero-order valence-corrected chi connectivity index (χ0v) is 29.9. The number of hydrogen-bond acceptors (Lipinski definition) is 2. The zero-order chi connectivity index (χ0) is 35.3. The van der Waals surface area contributed by atoms with Crippen LogP contribution in [-0.4, -0.2) is 0 Å². The second-order valence-electron chi connectivity index (χ2n) is 15.2. The first-order chi connectivity index (χ1) is 26.0. The number of furan rings is 1. The highest BCUT2D eigenvalue weighted by Gasteiger charge is 2.36. The van der Waals surface area contributed by atoms with Gasteiger partial charge in [-0.05, 0) is 116 Å². The van der Waals surface area contributed by atoms with Crippen LogP contribution in [0.25, 0.3) is 72.0 Å². The van der Waals surface area contributed by atoms with E-state index in [1.54, 1.807) is 0 Å². The molecule has 0 aliphatic heterocycles. The molecule has 1 heterocycles. The molecule has 0 fully saturated rings. The van der Waals surface area contributed by atoms with Crippen molar-refractivity contribution >= 4 is 38.9 Å². The molecule has 7 aromatic carbocycles. The van der Waals surface area contributed by atoms with Crippen LogP contribution >= 0.6 is 0 Å². The Hall–Kier alpha value is -6.38. The number of hydrogen-bond donors (Lipinski definition) is 0. The number of rotatable bonds is 4. The molecule has 53 heavy (non-hydrogen) atoms. The molecule has 0 atom stereocenters. The summed E-state index contributed by atoms with van der Waals surface area (Å²) in [6, 6.07) is 55.7. The minimum absolute atomic E-state index is 0.109. The van der Waals surface area contributed by atoms with Gasteiger partial charge in [0, 0.05) is 39.3 Å². The van der Waals surface area contributed by atoms with E-state index in [9.17, 15) is 0 Å². The highest BCUT2D eigenvalue weighted by atomic mass is 16.3. The van der Waals surface area contributed by atoms with Crippen molar-refractivity contribution in [3.05, 3.63) is 186 Å². The number of anilines is 2. The summed E-state index contributed by atoms with van der Waals surface area (Å²) < 4.78 is 6.48. The van der Waals surface area contributed by atoms with Gasteiger partial charge in [0.25, 0.3) is 0 Å². The summed E-state index contributed by atoms with van der Waals surface area (Å²) in [6.07, 6.45) is 6.80. The molecule has 3 aliphatic carbocycles. The fourth-order valence-corrected chi connectivity index (χ4v) is 9.42. The number of fused-ring (bicyclic) bond motifs is 13. The van der Waals surface area contributed by atoms with E-state index >= 15 is 0 Å². The highest BCUT2D eigenvalue weighted by molar-refractivity contribution is 6.06. The van der Waals surface area contributed by atoms with E-state index < -0.39 is 0 Å². The van der Waals surface area contributed by atoms with Crippen LogP contribution in [0.1, 0.15) is 43.4 Å². The number of para-hydroxylation sites is 1. The fraction of sp³-hybridized carbons (Fsp3) is 0.0980. The average molecular weight is 680 g/mol. The lowest BCUT2D eigenvalue weighted by Crippen LogP contribution is -2.19. The molecule has 2 bridgehead atoms. The van der Waals surface area contributed by atoms with Crippen molar-refractivity contribution in [1.82, 2.24) is 0 Å². The SMILES string of the molecule is CC1(C)c2ccccc2-c2ccc(N(C3=CCCC(c4c5cccc4-c4ccccc4-c4ccccc4-5)=C3)c3ccc4c(c3)oc3ccccc34)cc21. The second kappa shape index (κ2) is 11.3. The summed E-state index contributed by atoms with van der Waals surface area (Å²) in [5.41, 5.74) is 21.0. The van der Waals surface area contributed by atoms with Gasteiger partial charge in [0.15, 0.2) is 0 Å². The van der Waals surface area contributed by atoms with Crippen LogP contribution in [0.5, 0.6) is 0 Å². The molecule has 2 heteroatoms. The van der Waals surface area contributed by atoms with Crippen LogP contribution in [0.4, 0.5) is 11.4 Å². The summed E-state index contributed by atoms with van der Waals surface area (Å²) in [5, 5.41) is 2.28. The van der Waals surface area contributed by atoms with Crippen LogP contribution < -0.4 is 4.90 Å². The van der Waals surface area contributed by atoms with Crippen LogP contribution in [0, 0.1) is 0 Å². The molecule has 0 N–H and O–H groups in total. The third-order valence-electron chi connectivity index (χ3n) is 11.9. The van der Waals surface area contributed by atoms with E-state index in [-0.39, 0.29) is 5.41 Å². The summed E-state index contributed by atoms with van der Waals surface area (Å²) in [7, 11) is 0. The molecule has 0 radical (unpaired) electrons. The largest absolute Gasteiger partial charge is 0.456 e. The van der Waals surface area contributed by atoms with Crippen LogP contribution in [-0.2, 0) is 5.41 Å². The van der Waals surface area contributed by atoms with E-state index in [4.69, 9.17) is 4.42 Å². The first kappa shape index (κ1) is 30.3. The van der Waals surface area contributed by atoms with Crippen LogP contribution in [0.2, 0.25) is 0 Å². The maximum absolute atomic E-state index is 6.48. The molecule has 1 aromatic heterocycles. The third kappa shape index (κ3) is 4.45. The predicted octanol–water partition coefficient (Wildman–Crippen LogP) is 14.1. The third-order valence-corrected chi connectivity index (χ3v) is 11.9. The lowest BCUT2D eigenvalue weighted by molar-refractivity contribution is 0.660. The van der Waals surface area contributed by atoms with Gasteiger partial charge in [-0.15, -0.1) is 0 Å². The molecule has 8 aromatic rings. The second-order valence-corrected chi connectivity index (χ2v) is 15.2. The lowest BCUT2D eigenvalue weighted by Gasteiger charge is -2.31.